The van der Waals surface area contributed by atoms with Crippen LogP contribution in [-0.4, -0.2) is 5.97 Å². The highest BCUT2D eigenvalue weighted by Crippen LogP contribution is 2.38. The predicted molar refractivity (Wildman–Crippen MR) is 139 cm³/mol. The van der Waals surface area contributed by atoms with Crippen LogP contribution in [0.1, 0.15) is 118 Å². The quantitative estimate of drug-likeness (QED) is 0.192. The lowest BCUT2D eigenvalue weighted by molar-refractivity contribution is 0.0734. The Hall–Kier alpha value is -2.60. The molecule has 2 aromatic rings. The van der Waals surface area contributed by atoms with E-state index in [-0.39, 0.29) is 0 Å². The Morgan fingerprint density at radius 2 is 1.76 bits per heavy atom. The van der Waals surface area contributed by atoms with Crippen molar-refractivity contribution >= 4 is 5.97 Å². The topological polar surface area (TPSA) is 50.1 Å². The molecule has 0 atom stereocenters. The molecule has 0 heterocycles. The van der Waals surface area contributed by atoms with E-state index in [0.717, 1.165) is 24.3 Å². The molecule has 3 nitrogen and oxygen atoms in total. The van der Waals surface area contributed by atoms with Gasteiger partial charge in [-0.05, 0) is 91.7 Å². The van der Waals surface area contributed by atoms with Crippen LogP contribution >= 0.6 is 0 Å². The highest BCUT2D eigenvalue weighted by molar-refractivity contribution is 5.91. The van der Waals surface area contributed by atoms with Crippen LogP contribution in [0.3, 0.4) is 0 Å². The molecule has 0 N–H and O–H groups in total. The number of unbranched alkanes of at least 4 members (excludes halogenated alkanes) is 3. The van der Waals surface area contributed by atoms with Crippen LogP contribution in [-0.2, 0) is 6.42 Å². The largest absolute Gasteiger partial charge is 0.422 e. The van der Waals surface area contributed by atoms with Crippen molar-refractivity contribution in [1.82, 2.24) is 0 Å². The summed E-state index contributed by atoms with van der Waals surface area (Å²) in [6.07, 6.45) is 14.0. The fourth-order valence-corrected chi connectivity index (χ4v) is 5.06. The molecule has 34 heavy (non-hydrogen) atoms. The maximum atomic E-state index is 12.7. The van der Waals surface area contributed by atoms with E-state index in [9.17, 15) is 10.1 Å². The summed E-state index contributed by atoms with van der Waals surface area (Å²) >= 11 is 0. The molecule has 182 valence electrons. The van der Waals surface area contributed by atoms with E-state index in [4.69, 9.17) is 4.74 Å². The second-order valence-corrected chi connectivity index (χ2v) is 10.5. The van der Waals surface area contributed by atoms with Gasteiger partial charge in [0.1, 0.15) is 11.8 Å². The summed E-state index contributed by atoms with van der Waals surface area (Å²) < 4.78 is 5.60. The summed E-state index contributed by atoms with van der Waals surface area (Å²) in [4.78, 5) is 12.7. The third kappa shape index (κ3) is 7.73. The van der Waals surface area contributed by atoms with Gasteiger partial charge in [-0.1, -0.05) is 71.1 Å². The average Bonchev–Trinajstić information content (AvgIpc) is 2.86. The van der Waals surface area contributed by atoms with Gasteiger partial charge in [-0.15, -0.1) is 0 Å². The number of benzene rings is 2. The molecule has 0 aliphatic heterocycles. The lowest BCUT2D eigenvalue weighted by atomic mass is 9.77. The molecular weight excluding hydrogens is 418 g/mol. The third-order valence-electron chi connectivity index (χ3n) is 7.31. The minimum atomic E-state index is -0.409. The van der Waals surface area contributed by atoms with Gasteiger partial charge in [-0.3, -0.25) is 0 Å². The number of hydrogen-bond donors (Lipinski definition) is 0. The van der Waals surface area contributed by atoms with Gasteiger partial charge in [0.05, 0.1) is 11.1 Å². The van der Waals surface area contributed by atoms with Gasteiger partial charge in [-0.2, -0.15) is 5.26 Å². The molecule has 0 bridgehead atoms. The molecule has 0 unspecified atom stereocenters. The van der Waals surface area contributed by atoms with Crippen molar-refractivity contribution in [2.75, 3.05) is 0 Å². The number of nitriles is 1. The zero-order valence-electron chi connectivity index (χ0n) is 21.3. The van der Waals surface area contributed by atoms with E-state index >= 15 is 0 Å². The maximum absolute atomic E-state index is 12.7. The first kappa shape index (κ1) is 26.0. The van der Waals surface area contributed by atoms with Crippen LogP contribution in [0, 0.1) is 23.2 Å². The zero-order valence-corrected chi connectivity index (χ0v) is 21.3. The summed E-state index contributed by atoms with van der Waals surface area (Å²) in [7, 11) is 0. The van der Waals surface area contributed by atoms with E-state index in [0.29, 0.717) is 28.7 Å². The van der Waals surface area contributed by atoms with Gasteiger partial charge in [0.25, 0.3) is 0 Å². The molecule has 1 saturated carbocycles. The van der Waals surface area contributed by atoms with Gasteiger partial charge < -0.3 is 4.74 Å². The highest BCUT2D eigenvalue weighted by Gasteiger charge is 2.22. The van der Waals surface area contributed by atoms with Crippen LogP contribution in [0.25, 0.3) is 0 Å². The summed E-state index contributed by atoms with van der Waals surface area (Å²) in [6.45, 7) is 6.64. The first-order valence-electron chi connectivity index (χ1n) is 13.3. The molecule has 0 amide bonds. The van der Waals surface area contributed by atoms with Crippen LogP contribution in [0.15, 0.2) is 42.5 Å². The van der Waals surface area contributed by atoms with Gasteiger partial charge in [-0.25, -0.2) is 4.79 Å². The Kier molecular flexibility index (Phi) is 10.2. The van der Waals surface area contributed by atoms with Crippen LogP contribution in [0.4, 0.5) is 0 Å². The van der Waals surface area contributed by atoms with E-state index in [1.54, 1.807) is 6.07 Å². The summed E-state index contributed by atoms with van der Waals surface area (Å²) in [6, 6.07) is 15.6. The van der Waals surface area contributed by atoms with E-state index in [1.165, 1.54) is 63.4 Å². The third-order valence-corrected chi connectivity index (χ3v) is 7.31. The normalized spacial score (nSPS) is 18.0. The number of esters is 1. The predicted octanol–water partition coefficient (Wildman–Crippen LogP) is 8.61. The zero-order chi connectivity index (χ0) is 24.3. The molecular formula is C31H41NO2. The highest BCUT2D eigenvalue weighted by atomic mass is 16.5. The summed E-state index contributed by atoms with van der Waals surface area (Å²) in [5.74, 6) is 2.03. The molecule has 0 radical (unpaired) electrons. The van der Waals surface area contributed by atoms with E-state index < -0.39 is 5.97 Å². The number of carbonyl (C=O) groups is 1. The molecule has 0 aromatic heterocycles. The number of nitrogens with zero attached hydrogens (tertiary/aromatic N) is 1. The second-order valence-electron chi connectivity index (χ2n) is 10.5. The molecule has 2 aromatic carbocycles. The smallest absolute Gasteiger partial charge is 0.343 e. The van der Waals surface area contributed by atoms with Crippen molar-refractivity contribution in [3.05, 3.63) is 64.7 Å². The first-order chi connectivity index (χ1) is 16.5. The average molecular weight is 460 g/mol. The fraction of sp³-hybridized carbons (Fsp3) is 0.548. The second kappa shape index (κ2) is 13.3. The lowest BCUT2D eigenvalue weighted by Crippen LogP contribution is -2.14. The van der Waals surface area contributed by atoms with Gasteiger partial charge in [0, 0.05) is 0 Å². The summed E-state index contributed by atoms with van der Waals surface area (Å²) in [5.41, 5.74) is 3.37. The molecule has 1 aliphatic carbocycles. The molecule has 1 fully saturated rings. The van der Waals surface area contributed by atoms with E-state index in [1.807, 2.05) is 24.3 Å². The maximum Gasteiger partial charge on any atom is 0.343 e. The SMILES string of the molecule is CCCCCCC1CCC(c2ccc(C(=O)Oc3ccc(CCC(C)C)cc3C#N)cc2)CC1. The Bertz CT molecular complexity index is 946. The van der Waals surface area contributed by atoms with Crippen molar-refractivity contribution in [3.8, 4) is 11.8 Å². The van der Waals surface area contributed by atoms with Crippen molar-refractivity contribution < 1.29 is 9.53 Å². The number of hydrogen-bond acceptors (Lipinski definition) is 3. The first-order valence-corrected chi connectivity index (χ1v) is 13.3. The molecule has 3 rings (SSSR count). The number of aryl methyl sites for hydroxylation is 1. The van der Waals surface area contributed by atoms with Crippen LogP contribution in [0.5, 0.6) is 5.75 Å². The molecule has 0 spiro atoms. The number of carbonyl (C=O) groups excluding carboxylic acids is 1. The monoisotopic (exact) mass is 459 g/mol. The Balaban J connectivity index is 1.53. The van der Waals surface area contributed by atoms with Gasteiger partial charge in [0.15, 0.2) is 0 Å². The Labute approximate surface area is 206 Å². The number of rotatable bonds is 11. The molecule has 3 heteroatoms. The van der Waals surface area contributed by atoms with E-state index in [2.05, 4.69) is 39.0 Å². The minimum Gasteiger partial charge on any atom is -0.422 e. The van der Waals surface area contributed by atoms with Crippen LogP contribution < -0.4 is 4.74 Å². The van der Waals surface area contributed by atoms with Crippen LogP contribution in [0.2, 0.25) is 0 Å². The summed E-state index contributed by atoms with van der Waals surface area (Å²) in [5, 5.41) is 9.53. The van der Waals surface area contributed by atoms with Crippen molar-refractivity contribution in [3.63, 3.8) is 0 Å². The minimum absolute atomic E-state index is 0.335. The molecule has 1 aliphatic rings. The molecule has 0 saturated heterocycles. The van der Waals surface area contributed by atoms with Gasteiger partial charge >= 0.3 is 5.97 Å². The standard InChI is InChI=1S/C31H41NO2/c1-4-5-6-7-8-24-11-14-26(15-12-24)27-16-18-28(19-17-27)31(33)34-30-20-13-25(10-9-23(2)3)21-29(30)22-32/h13,16-21,23-24,26H,4-12,14-15H2,1-3H3. The number of ether oxygens (including phenoxy) is 1. The Morgan fingerprint density at radius 1 is 1.03 bits per heavy atom. The lowest BCUT2D eigenvalue weighted by Gasteiger charge is -2.29. The Morgan fingerprint density at radius 3 is 2.41 bits per heavy atom. The van der Waals surface area contributed by atoms with Crippen molar-refractivity contribution in [1.29, 1.82) is 5.26 Å². The van der Waals surface area contributed by atoms with Crippen molar-refractivity contribution in [2.45, 2.75) is 97.3 Å². The van der Waals surface area contributed by atoms with Crippen molar-refractivity contribution in [2.24, 2.45) is 11.8 Å². The fourth-order valence-electron chi connectivity index (χ4n) is 5.06. The van der Waals surface area contributed by atoms with Gasteiger partial charge in [0.2, 0.25) is 0 Å².